The van der Waals surface area contributed by atoms with Crippen LogP contribution >= 0.6 is 27.5 Å². The van der Waals surface area contributed by atoms with Crippen molar-refractivity contribution in [3.05, 3.63) is 68.9 Å². The van der Waals surface area contributed by atoms with Crippen molar-refractivity contribution in [3.63, 3.8) is 0 Å². The van der Waals surface area contributed by atoms with Crippen LogP contribution in [0.15, 0.2) is 46.9 Å². The molecule has 112 valence electrons. The summed E-state index contributed by atoms with van der Waals surface area (Å²) in [6.07, 6.45) is 1.74. The molecular weight excluding hydrogens is 353 g/mol. The largest absolute Gasteiger partial charge is 0.310 e. The number of hydrogen-bond donors (Lipinski definition) is 1. The van der Waals surface area contributed by atoms with Crippen LogP contribution < -0.4 is 5.32 Å². The van der Waals surface area contributed by atoms with E-state index in [9.17, 15) is 4.39 Å². The quantitative estimate of drug-likeness (QED) is 0.705. The molecule has 2 aromatic carbocycles. The first kappa shape index (κ1) is 16.5. The van der Waals surface area contributed by atoms with Crippen LogP contribution in [0.4, 0.5) is 4.39 Å². The van der Waals surface area contributed by atoms with Gasteiger partial charge in [-0.3, -0.25) is 0 Å². The van der Waals surface area contributed by atoms with Gasteiger partial charge in [-0.2, -0.15) is 0 Å². The molecule has 2 aromatic rings. The van der Waals surface area contributed by atoms with E-state index in [0.29, 0.717) is 6.42 Å². The van der Waals surface area contributed by atoms with Gasteiger partial charge in [0.15, 0.2) is 0 Å². The number of benzene rings is 2. The molecule has 0 fully saturated rings. The predicted octanol–water partition coefficient (Wildman–Crippen LogP) is 5.53. The number of rotatable bonds is 6. The Morgan fingerprint density at radius 1 is 1.24 bits per heavy atom. The lowest BCUT2D eigenvalue weighted by molar-refractivity contribution is 0.527. The van der Waals surface area contributed by atoms with Gasteiger partial charge in [-0.1, -0.05) is 52.7 Å². The summed E-state index contributed by atoms with van der Waals surface area (Å²) >= 11 is 9.78. The maximum atomic E-state index is 13.4. The molecule has 2 rings (SSSR count). The van der Waals surface area contributed by atoms with E-state index in [-0.39, 0.29) is 11.9 Å². The Bertz CT molecular complexity index is 603. The van der Waals surface area contributed by atoms with Crippen LogP contribution in [0.2, 0.25) is 5.02 Å². The molecule has 0 amide bonds. The number of nitrogens with one attached hydrogen (secondary N) is 1. The molecule has 0 spiro atoms. The molecule has 0 saturated carbocycles. The molecule has 1 atom stereocenters. The Kier molecular flexibility index (Phi) is 6.22. The fourth-order valence-corrected chi connectivity index (χ4v) is 3.10. The summed E-state index contributed by atoms with van der Waals surface area (Å²) in [4.78, 5) is 0. The van der Waals surface area contributed by atoms with Crippen LogP contribution in [-0.2, 0) is 6.42 Å². The highest BCUT2D eigenvalue weighted by Gasteiger charge is 2.15. The van der Waals surface area contributed by atoms with Crippen LogP contribution in [-0.4, -0.2) is 6.54 Å². The van der Waals surface area contributed by atoms with Crippen molar-refractivity contribution in [1.29, 1.82) is 0 Å². The third-order valence-electron chi connectivity index (χ3n) is 3.31. The van der Waals surface area contributed by atoms with E-state index in [0.717, 1.165) is 33.6 Å². The summed E-state index contributed by atoms with van der Waals surface area (Å²) in [5.74, 6) is -0.205. The third kappa shape index (κ3) is 4.80. The summed E-state index contributed by atoms with van der Waals surface area (Å²) in [5, 5.41) is 4.21. The van der Waals surface area contributed by atoms with Gasteiger partial charge >= 0.3 is 0 Å². The molecule has 0 aliphatic rings. The van der Waals surface area contributed by atoms with Gasteiger partial charge in [0.05, 0.1) is 0 Å². The van der Waals surface area contributed by atoms with E-state index in [1.807, 2.05) is 24.3 Å². The second-order valence-corrected chi connectivity index (χ2v) is 6.33. The zero-order valence-corrected chi connectivity index (χ0v) is 14.2. The van der Waals surface area contributed by atoms with Crippen molar-refractivity contribution in [2.45, 2.75) is 25.8 Å². The normalized spacial score (nSPS) is 12.4. The Morgan fingerprint density at radius 3 is 2.71 bits per heavy atom. The monoisotopic (exact) mass is 369 g/mol. The molecule has 0 bridgehead atoms. The fourth-order valence-electron chi connectivity index (χ4n) is 2.29. The zero-order valence-electron chi connectivity index (χ0n) is 11.9. The van der Waals surface area contributed by atoms with Crippen LogP contribution in [0.1, 0.15) is 30.5 Å². The molecule has 0 heterocycles. The molecule has 0 radical (unpaired) electrons. The summed E-state index contributed by atoms with van der Waals surface area (Å²) in [6.45, 7) is 3.02. The molecule has 0 saturated heterocycles. The van der Waals surface area contributed by atoms with E-state index >= 15 is 0 Å². The molecule has 0 aliphatic carbocycles. The van der Waals surface area contributed by atoms with Gasteiger partial charge in [-0.05, 0) is 54.8 Å². The highest BCUT2D eigenvalue weighted by atomic mass is 79.9. The van der Waals surface area contributed by atoms with E-state index in [4.69, 9.17) is 11.6 Å². The predicted molar refractivity (Wildman–Crippen MR) is 90.3 cm³/mol. The van der Waals surface area contributed by atoms with Gasteiger partial charge in [-0.15, -0.1) is 0 Å². The van der Waals surface area contributed by atoms with E-state index < -0.39 is 0 Å². The molecule has 1 nitrogen and oxygen atoms in total. The van der Waals surface area contributed by atoms with Gasteiger partial charge < -0.3 is 5.32 Å². The van der Waals surface area contributed by atoms with Crippen LogP contribution in [0, 0.1) is 5.82 Å². The maximum absolute atomic E-state index is 13.4. The first-order chi connectivity index (χ1) is 10.1. The Hall–Kier alpha value is -0.900. The minimum absolute atomic E-state index is 0.0762. The van der Waals surface area contributed by atoms with Gasteiger partial charge in [-0.25, -0.2) is 4.39 Å². The van der Waals surface area contributed by atoms with Gasteiger partial charge in [0.1, 0.15) is 5.82 Å². The van der Waals surface area contributed by atoms with Crippen molar-refractivity contribution in [1.82, 2.24) is 5.32 Å². The minimum atomic E-state index is -0.205. The van der Waals surface area contributed by atoms with Crippen molar-refractivity contribution in [3.8, 4) is 0 Å². The van der Waals surface area contributed by atoms with Gasteiger partial charge in [0.25, 0.3) is 0 Å². The lowest BCUT2D eigenvalue weighted by atomic mass is 9.98. The standard InChI is InChI=1S/C17H18BrClFN/c1-2-8-21-17(10-12-4-3-5-14(20)9-12)15-7-6-13(18)11-16(15)19/h3-7,9,11,17,21H,2,8,10H2,1H3. The molecule has 1 unspecified atom stereocenters. The Morgan fingerprint density at radius 2 is 2.05 bits per heavy atom. The van der Waals surface area contributed by atoms with Gasteiger partial charge in [0.2, 0.25) is 0 Å². The second-order valence-electron chi connectivity index (χ2n) is 5.01. The lowest BCUT2D eigenvalue weighted by Crippen LogP contribution is -2.24. The molecule has 1 N–H and O–H groups in total. The molecule has 4 heteroatoms. The zero-order chi connectivity index (χ0) is 15.2. The van der Waals surface area contributed by atoms with Crippen LogP contribution in [0.5, 0.6) is 0 Å². The minimum Gasteiger partial charge on any atom is -0.310 e. The summed E-state index contributed by atoms with van der Waals surface area (Å²) in [6, 6.07) is 12.7. The topological polar surface area (TPSA) is 12.0 Å². The van der Waals surface area contributed by atoms with Crippen molar-refractivity contribution >= 4 is 27.5 Å². The smallest absolute Gasteiger partial charge is 0.123 e. The Balaban J connectivity index is 2.25. The lowest BCUT2D eigenvalue weighted by Gasteiger charge is -2.20. The highest BCUT2D eigenvalue weighted by molar-refractivity contribution is 9.10. The molecule has 21 heavy (non-hydrogen) atoms. The van der Waals surface area contributed by atoms with Gasteiger partial charge in [0, 0.05) is 15.5 Å². The summed E-state index contributed by atoms with van der Waals surface area (Å²) in [5.41, 5.74) is 2.00. The average Bonchev–Trinajstić information content (AvgIpc) is 2.44. The van der Waals surface area contributed by atoms with E-state index in [1.54, 1.807) is 12.1 Å². The second kappa shape index (κ2) is 7.92. The van der Waals surface area contributed by atoms with Crippen LogP contribution in [0.25, 0.3) is 0 Å². The molecule has 0 aliphatic heterocycles. The average molecular weight is 371 g/mol. The maximum Gasteiger partial charge on any atom is 0.123 e. The van der Waals surface area contributed by atoms with Crippen molar-refractivity contribution in [2.75, 3.05) is 6.54 Å². The number of hydrogen-bond acceptors (Lipinski definition) is 1. The van der Waals surface area contributed by atoms with E-state index in [1.165, 1.54) is 6.07 Å². The highest BCUT2D eigenvalue weighted by Crippen LogP contribution is 2.28. The summed E-state index contributed by atoms with van der Waals surface area (Å²) < 4.78 is 14.3. The Labute approximate surface area is 138 Å². The van der Waals surface area contributed by atoms with Crippen LogP contribution in [0.3, 0.4) is 0 Å². The van der Waals surface area contributed by atoms with Crippen molar-refractivity contribution < 1.29 is 4.39 Å². The number of halogens is 3. The third-order valence-corrected chi connectivity index (χ3v) is 4.13. The SMILES string of the molecule is CCCNC(Cc1cccc(F)c1)c1ccc(Br)cc1Cl. The van der Waals surface area contributed by atoms with Crippen molar-refractivity contribution in [2.24, 2.45) is 0 Å². The first-order valence-corrected chi connectivity index (χ1v) is 8.20. The summed E-state index contributed by atoms with van der Waals surface area (Å²) in [7, 11) is 0. The molecule has 0 aromatic heterocycles. The van der Waals surface area contributed by atoms with E-state index in [2.05, 4.69) is 28.2 Å². The molecular formula is C17H18BrClFN. The fraction of sp³-hybridized carbons (Fsp3) is 0.294. The first-order valence-electron chi connectivity index (χ1n) is 7.03.